The zero-order valence-electron chi connectivity index (χ0n) is 20.4. The first-order valence-electron chi connectivity index (χ1n) is 11.9. The molecule has 188 valence electrons. The predicted molar refractivity (Wildman–Crippen MR) is 149 cm³/mol. The van der Waals surface area contributed by atoms with Crippen molar-refractivity contribution >= 4 is 63.4 Å². The van der Waals surface area contributed by atoms with Crippen LogP contribution in [0.15, 0.2) is 77.2 Å². The number of nitrogens with zero attached hydrogens (tertiary/aromatic N) is 3. The van der Waals surface area contributed by atoms with E-state index in [0.29, 0.717) is 33.8 Å². The van der Waals surface area contributed by atoms with Gasteiger partial charge in [-0.3, -0.25) is 14.5 Å². The lowest BCUT2D eigenvalue weighted by Crippen LogP contribution is -2.31. The molecule has 0 saturated carbocycles. The number of para-hydroxylation sites is 1. The molecule has 0 bridgehead atoms. The van der Waals surface area contributed by atoms with Crippen LogP contribution in [0.5, 0.6) is 0 Å². The van der Waals surface area contributed by atoms with Crippen LogP contribution in [-0.2, 0) is 29.1 Å². The summed E-state index contributed by atoms with van der Waals surface area (Å²) in [7, 11) is 1.78. The molecule has 5 rings (SSSR count). The summed E-state index contributed by atoms with van der Waals surface area (Å²) in [6.07, 6.45) is 6.13. The van der Waals surface area contributed by atoms with Gasteiger partial charge in [-0.25, -0.2) is 0 Å². The number of aryl methyl sites for hydroxylation is 1. The largest absolute Gasteiger partial charge is 0.467 e. The van der Waals surface area contributed by atoms with E-state index in [-0.39, 0.29) is 18.4 Å². The van der Waals surface area contributed by atoms with Gasteiger partial charge in [-0.1, -0.05) is 36.7 Å². The van der Waals surface area contributed by atoms with Crippen molar-refractivity contribution in [3.05, 3.63) is 94.7 Å². The second-order valence-corrected chi connectivity index (χ2v) is 9.53. The van der Waals surface area contributed by atoms with E-state index >= 15 is 0 Å². The Kier molecular flexibility index (Phi) is 6.86. The van der Waals surface area contributed by atoms with Gasteiger partial charge in [0.15, 0.2) is 5.11 Å². The van der Waals surface area contributed by atoms with Gasteiger partial charge in [0.1, 0.15) is 18.0 Å². The molecular formula is C28H25ClN4O3S. The van der Waals surface area contributed by atoms with Crippen LogP contribution in [0.1, 0.15) is 23.8 Å². The van der Waals surface area contributed by atoms with Crippen LogP contribution in [0.25, 0.3) is 17.0 Å². The summed E-state index contributed by atoms with van der Waals surface area (Å²) < 4.78 is 7.24. The van der Waals surface area contributed by atoms with Crippen LogP contribution in [-0.4, -0.2) is 33.4 Å². The SMILES string of the molecule is CCc1cccc2c(/C=C3/C(=O)N(c4ccc(Cl)cc4)C(=S)N3C)cn(CC(=O)NCc3ccco3)c12. The third kappa shape index (κ3) is 4.77. The van der Waals surface area contributed by atoms with E-state index in [4.69, 9.17) is 28.2 Å². The molecule has 0 aliphatic carbocycles. The molecule has 4 aromatic rings. The van der Waals surface area contributed by atoms with Gasteiger partial charge in [0.05, 0.1) is 24.0 Å². The van der Waals surface area contributed by atoms with Crippen molar-refractivity contribution in [2.45, 2.75) is 26.4 Å². The van der Waals surface area contributed by atoms with Crippen LogP contribution >= 0.6 is 23.8 Å². The highest BCUT2D eigenvalue weighted by Crippen LogP contribution is 2.32. The summed E-state index contributed by atoms with van der Waals surface area (Å²) >= 11 is 11.6. The average Bonchev–Trinajstić information content (AvgIpc) is 3.59. The Hall–Kier alpha value is -3.88. The number of furan rings is 1. The number of benzene rings is 2. The Morgan fingerprint density at radius 2 is 1.92 bits per heavy atom. The van der Waals surface area contributed by atoms with E-state index in [1.165, 1.54) is 4.90 Å². The molecule has 37 heavy (non-hydrogen) atoms. The lowest BCUT2D eigenvalue weighted by atomic mass is 10.1. The van der Waals surface area contributed by atoms with Gasteiger partial charge >= 0.3 is 0 Å². The second-order valence-electron chi connectivity index (χ2n) is 8.72. The Morgan fingerprint density at radius 1 is 1.14 bits per heavy atom. The van der Waals surface area contributed by atoms with Gasteiger partial charge < -0.3 is 19.2 Å². The summed E-state index contributed by atoms with van der Waals surface area (Å²) in [5.41, 5.74) is 4.02. The molecule has 0 spiro atoms. The number of rotatable bonds is 7. The van der Waals surface area contributed by atoms with Gasteiger partial charge in [0.25, 0.3) is 5.91 Å². The standard InChI is InChI=1S/C28H25ClN4O3S/c1-3-18-6-4-8-23-19(16-32(26(18)23)17-25(34)30-15-22-7-5-13-36-22)14-24-27(35)33(28(37)31(24)2)21-11-9-20(29)10-12-21/h4-14,16H,3,15,17H2,1-2H3,(H,30,34)/b24-14-. The fourth-order valence-electron chi connectivity index (χ4n) is 4.52. The number of fused-ring (bicyclic) bond motifs is 1. The van der Waals surface area contributed by atoms with E-state index in [9.17, 15) is 9.59 Å². The zero-order chi connectivity index (χ0) is 26.1. The summed E-state index contributed by atoms with van der Waals surface area (Å²) in [5.74, 6) is 0.329. The number of hydrogen-bond donors (Lipinski definition) is 1. The smallest absolute Gasteiger partial charge is 0.281 e. The van der Waals surface area contributed by atoms with E-state index in [0.717, 1.165) is 28.5 Å². The first-order valence-corrected chi connectivity index (χ1v) is 12.6. The number of halogens is 1. The summed E-state index contributed by atoms with van der Waals surface area (Å²) in [5, 5.41) is 4.83. The molecule has 1 fully saturated rings. The second kappa shape index (κ2) is 10.2. The lowest BCUT2D eigenvalue weighted by Gasteiger charge is -2.16. The maximum atomic E-state index is 13.5. The molecule has 0 unspecified atom stereocenters. The Bertz CT molecular complexity index is 1520. The monoisotopic (exact) mass is 532 g/mol. The van der Waals surface area contributed by atoms with Gasteiger partial charge in [0.2, 0.25) is 5.91 Å². The third-order valence-electron chi connectivity index (χ3n) is 6.39. The minimum absolute atomic E-state index is 0.135. The molecule has 1 aliphatic heterocycles. The number of carbonyl (C=O) groups is 2. The number of anilines is 1. The Labute approximate surface area is 224 Å². The molecule has 2 aromatic heterocycles. The topological polar surface area (TPSA) is 70.7 Å². The van der Waals surface area contributed by atoms with Crippen molar-refractivity contribution in [2.75, 3.05) is 11.9 Å². The van der Waals surface area contributed by atoms with E-state index in [2.05, 4.69) is 18.3 Å². The number of likely N-dealkylation sites (N-methyl/N-ethyl adjacent to an activating group) is 1. The molecule has 0 radical (unpaired) electrons. The quantitative estimate of drug-likeness (QED) is 0.256. The van der Waals surface area contributed by atoms with Gasteiger partial charge in [0, 0.05) is 29.2 Å². The molecule has 1 aliphatic rings. The molecular weight excluding hydrogens is 508 g/mol. The maximum absolute atomic E-state index is 13.5. The van der Waals surface area contributed by atoms with Crippen LogP contribution in [0.2, 0.25) is 5.02 Å². The number of thiocarbonyl (C=S) groups is 1. The third-order valence-corrected chi connectivity index (χ3v) is 7.09. The molecule has 1 saturated heterocycles. The van der Waals surface area contributed by atoms with Crippen molar-refractivity contribution in [2.24, 2.45) is 0 Å². The highest BCUT2D eigenvalue weighted by atomic mass is 35.5. The Morgan fingerprint density at radius 3 is 2.62 bits per heavy atom. The van der Waals surface area contributed by atoms with Crippen LogP contribution in [0.4, 0.5) is 5.69 Å². The highest BCUT2D eigenvalue weighted by Gasteiger charge is 2.37. The van der Waals surface area contributed by atoms with Gasteiger partial charge in [-0.15, -0.1) is 0 Å². The predicted octanol–water partition coefficient (Wildman–Crippen LogP) is 5.37. The van der Waals surface area contributed by atoms with E-state index in [1.807, 2.05) is 35.0 Å². The zero-order valence-corrected chi connectivity index (χ0v) is 22.0. The summed E-state index contributed by atoms with van der Waals surface area (Å²) in [4.78, 5) is 29.5. The summed E-state index contributed by atoms with van der Waals surface area (Å²) in [6.45, 7) is 2.54. The van der Waals surface area contributed by atoms with Crippen molar-refractivity contribution in [1.29, 1.82) is 0 Å². The maximum Gasteiger partial charge on any atom is 0.281 e. The average molecular weight is 533 g/mol. The van der Waals surface area contributed by atoms with Crippen molar-refractivity contribution < 1.29 is 14.0 Å². The molecule has 9 heteroatoms. The Balaban J connectivity index is 1.49. The van der Waals surface area contributed by atoms with Crippen molar-refractivity contribution in [1.82, 2.24) is 14.8 Å². The number of nitrogens with one attached hydrogen (secondary N) is 1. The van der Waals surface area contributed by atoms with Crippen molar-refractivity contribution in [3.63, 3.8) is 0 Å². The molecule has 2 aromatic carbocycles. The molecule has 3 heterocycles. The lowest BCUT2D eigenvalue weighted by molar-refractivity contribution is -0.121. The highest BCUT2D eigenvalue weighted by molar-refractivity contribution is 7.80. The van der Waals surface area contributed by atoms with E-state index in [1.54, 1.807) is 48.5 Å². The van der Waals surface area contributed by atoms with Crippen LogP contribution in [0, 0.1) is 0 Å². The fourth-order valence-corrected chi connectivity index (χ4v) is 4.93. The van der Waals surface area contributed by atoms with Crippen LogP contribution < -0.4 is 10.2 Å². The molecule has 7 nitrogen and oxygen atoms in total. The fraction of sp³-hybridized carbons (Fsp3) is 0.179. The molecule has 1 N–H and O–H groups in total. The van der Waals surface area contributed by atoms with Gasteiger partial charge in [-0.2, -0.15) is 0 Å². The van der Waals surface area contributed by atoms with Crippen molar-refractivity contribution in [3.8, 4) is 0 Å². The molecule has 2 amide bonds. The van der Waals surface area contributed by atoms with Gasteiger partial charge in [-0.05, 0) is 66.7 Å². The number of hydrogen-bond acceptors (Lipinski definition) is 4. The minimum atomic E-state index is -0.224. The summed E-state index contributed by atoms with van der Waals surface area (Å²) in [6, 6.07) is 16.7. The normalized spacial score (nSPS) is 14.8. The first kappa shape index (κ1) is 24.8. The number of carbonyl (C=O) groups excluding carboxylic acids is 2. The molecule has 0 atom stereocenters. The van der Waals surface area contributed by atoms with E-state index < -0.39 is 0 Å². The number of amides is 2. The minimum Gasteiger partial charge on any atom is -0.467 e. The van der Waals surface area contributed by atoms with Crippen LogP contribution in [0.3, 0.4) is 0 Å². The number of aromatic nitrogens is 1. The first-order chi connectivity index (χ1) is 17.9.